The Balaban J connectivity index is 1.79. The molecule has 1 N–H and O–H groups in total. The first-order valence-corrected chi connectivity index (χ1v) is 7.83. The molecular formula is C16H23N3O4. The van der Waals surface area contributed by atoms with Crippen LogP contribution in [-0.4, -0.2) is 41.7 Å². The van der Waals surface area contributed by atoms with Gasteiger partial charge in [0.15, 0.2) is 0 Å². The van der Waals surface area contributed by atoms with Crippen molar-refractivity contribution in [3.63, 3.8) is 0 Å². The lowest BCUT2D eigenvalue weighted by atomic mass is 10.2. The van der Waals surface area contributed by atoms with Crippen LogP contribution < -0.4 is 5.32 Å². The minimum absolute atomic E-state index is 0.0278. The Labute approximate surface area is 135 Å². The zero-order valence-electron chi connectivity index (χ0n) is 13.5. The van der Waals surface area contributed by atoms with Gasteiger partial charge in [-0.15, -0.1) is 0 Å². The number of nitrogens with zero attached hydrogens (tertiary/aromatic N) is 2. The van der Waals surface area contributed by atoms with E-state index in [0.717, 1.165) is 6.42 Å². The number of hydrogen-bond donors (Lipinski definition) is 1. The summed E-state index contributed by atoms with van der Waals surface area (Å²) in [6.45, 7) is 6.43. The highest BCUT2D eigenvalue weighted by atomic mass is 16.6. The van der Waals surface area contributed by atoms with Crippen LogP contribution in [-0.2, 0) is 11.3 Å². The molecule has 0 saturated carbocycles. The van der Waals surface area contributed by atoms with E-state index < -0.39 is 4.92 Å². The van der Waals surface area contributed by atoms with Crippen molar-refractivity contribution in [2.75, 3.05) is 19.7 Å². The highest BCUT2D eigenvalue weighted by molar-refractivity contribution is 5.74. The van der Waals surface area contributed by atoms with Gasteiger partial charge >= 0.3 is 6.03 Å². The minimum Gasteiger partial charge on any atom is -0.376 e. The molecule has 1 atom stereocenters. The molecule has 126 valence electrons. The average Bonchev–Trinajstić information content (AvgIpc) is 3.00. The largest absolute Gasteiger partial charge is 0.376 e. The second kappa shape index (κ2) is 7.92. The number of hydrogen-bond acceptors (Lipinski definition) is 4. The second-order valence-electron chi connectivity index (χ2n) is 6.17. The zero-order chi connectivity index (χ0) is 16.8. The van der Waals surface area contributed by atoms with Crippen molar-refractivity contribution in [1.29, 1.82) is 0 Å². The fourth-order valence-corrected chi connectivity index (χ4v) is 2.45. The van der Waals surface area contributed by atoms with Gasteiger partial charge in [-0.1, -0.05) is 26.0 Å². The Kier molecular flexibility index (Phi) is 5.92. The summed E-state index contributed by atoms with van der Waals surface area (Å²) >= 11 is 0. The standard InChI is InChI=1S/C16H23N3O4/c1-12(2)11-23-15-6-7-18(10-15)16(20)17-9-13-4-3-5-14(8-13)19(21)22/h3-5,8,12,15H,6-7,9-11H2,1-2H3,(H,17,20)/t15-/m1/s1. The van der Waals surface area contributed by atoms with E-state index in [0.29, 0.717) is 31.2 Å². The third-order valence-corrected chi connectivity index (χ3v) is 3.66. The summed E-state index contributed by atoms with van der Waals surface area (Å²) in [5.41, 5.74) is 0.736. The number of ether oxygens (including phenoxy) is 1. The van der Waals surface area contributed by atoms with Crippen molar-refractivity contribution in [1.82, 2.24) is 10.2 Å². The molecule has 1 aromatic carbocycles. The predicted octanol–water partition coefficient (Wildman–Crippen LogP) is 2.55. The van der Waals surface area contributed by atoms with Gasteiger partial charge in [0, 0.05) is 38.4 Å². The van der Waals surface area contributed by atoms with E-state index in [2.05, 4.69) is 19.2 Å². The third-order valence-electron chi connectivity index (χ3n) is 3.66. The first-order chi connectivity index (χ1) is 11.0. The quantitative estimate of drug-likeness (QED) is 0.644. The maximum absolute atomic E-state index is 12.1. The number of non-ortho nitro benzene ring substituents is 1. The van der Waals surface area contributed by atoms with Crippen LogP contribution in [0.1, 0.15) is 25.8 Å². The van der Waals surface area contributed by atoms with E-state index in [1.165, 1.54) is 12.1 Å². The normalized spacial score (nSPS) is 17.5. The molecule has 2 rings (SSSR count). The first kappa shape index (κ1) is 17.2. The average molecular weight is 321 g/mol. The number of rotatable bonds is 6. The van der Waals surface area contributed by atoms with E-state index in [9.17, 15) is 14.9 Å². The summed E-state index contributed by atoms with van der Waals surface area (Å²) in [6.07, 6.45) is 0.942. The molecule has 0 bridgehead atoms. The molecular weight excluding hydrogens is 298 g/mol. The summed E-state index contributed by atoms with van der Waals surface area (Å²) in [5, 5.41) is 13.5. The third kappa shape index (κ3) is 5.21. The molecule has 23 heavy (non-hydrogen) atoms. The maximum atomic E-state index is 12.1. The number of benzene rings is 1. The molecule has 1 aliphatic heterocycles. The lowest BCUT2D eigenvalue weighted by Crippen LogP contribution is -2.38. The zero-order valence-corrected chi connectivity index (χ0v) is 13.5. The SMILES string of the molecule is CC(C)CO[C@@H]1CCN(C(=O)NCc2cccc([N+](=O)[O-])c2)C1. The summed E-state index contributed by atoms with van der Waals surface area (Å²) in [4.78, 5) is 24.2. The number of amides is 2. The first-order valence-electron chi connectivity index (χ1n) is 7.83. The van der Waals surface area contributed by atoms with Crippen molar-refractivity contribution < 1.29 is 14.5 Å². The van der Waals surface area contributed by atoms with Crippen LogP contribution in [0.3, 0.4) is 0 Å². The van der Waals surface area contributed by atoms with E-state index >= 15 is 0 Å². The smallest absolute Gasteiger partial charge is 0.317 e. The van der Waals surface area contributed by atoms with Crippen molar-refractivity contribution in [2.24, 2.45) is 5.92 Å². The van der Waals surface area contributed by atoms with Crippen LogP contribution in [0, 0.1) is 16.0 Å². The molecule has 2 amide bonds. The number of nitro groups is 1. The molecule has 1 saturated heterocycles. The minimum atomic E-state index is -0.442. The molecule has 0 aromatic heterocycles. The van der Waals surface area contributed by atoms with Crippen LogP contribution in [0.15, 0.2) is 24.3 Å². The van der Waals surface area contributed by atoms with E-state index in [4.69, 9.17) is 4.74 Å². The predicted molar refractivity (Wildman–Crippen MR) is 86.1 cm³/mol. The van der Waals surface area contributed by atoms with Crippen LogP contribution in [0.2, 0.25) is 0 Å². The van der Waals surface area contributed by atoms with Gasteiger partial charge in [0.05, 0.1) is 11.0 Å². The van der Waals surface area contributed by atoms with Gasteiger partial charge in [-0.05, 0) is 17.9 Å². The lowest BCUT2D eigenvalue weighted by molar-refractivity contribution is -0.384. The molecule has 1 aromatic rings. The van der Waals surface area contributed by atoms with Crippen LogP contribution in [0.4, 0.5) is 10.5 Å². The molecule has 0 spiro atoms. The molecule has 7 heteroatoms. The summed E-state index contributed by atoms with van der Waals surface area (Å²) in [7, 11) is 0. The van der Waals surface area contributed by atoms with Crippen LogP contribution >= 0.6 is 0 Å². The van der Waals surface area contributed by atoms with Gasteiger partial charge in [0.25, 0.3) is 5.69 Å². The Morgan fingerprint density at radius 3 is 3.00 bits per heavy atom. The Morgan fingerprint density at radius 1 is 1.52 bits per heavy atom. The van der Waals surface area contributed by atoms with Crippen molar-refractivity contribution >= 4 is 11.7 Å². The molecule has 0 radical (unpaired) electrons. The van der Waals surface area contributed by atoms with Crippen molar-refractivity contribution in [3.05, 3.63) is 39.9 Å². The highest BCUT2D eigenvalue weighted by Crippen LogP contribution is 2.15. The fourth-order valence-electron chi connectivity index (χ4n) is 2.45. The number of likely N-dealkylation sites (tertiary alicyclic amines) is 1. The Bertz CT molecular complexity index is 562. The number of urea groups is 1. The van der Waals surface area contributed by atoms with Crippen molar-refractivity contribution in [3.8, 4) is 0 Å². The molecule has 1 fully saturated rings. The van der Waals surface area contributed by atoms with Gasteiger partial charge in [-0.25, -0.2) is 4.79 Å². The highest BCUT2D eigenvalue weighted by Gasteiger charge is 2.26. The number of nitrogens with one attached hydrogen (secondary N) is 1. The fraction of sp³-hybridized carbons (Fsp3) is 0.562. The van der Waals surface area contributed by atoms with Gasteiger partial charge in [0.1, 0.15) is 0 Å². The van der Waals surface area contributed by atoms with Crippen molar-refractivity contribution in [2.45, 2.75) is 32.9 Å². The number of nitro benzene ring substituents is 1. The summed E-state index contributed by atoms with van der Waals surface area (Å²) in [5.74, 6) is 0.478. The van der Waals surface area contributed by atoms with E-state index in [-0.39, 0.29) is 24.4 Å². The maximum Gasteiger partial charge on any atom is 0.317 e. The van der Waals surface area contributed by atoms with E-state index in [1.807, 2.05) is 0 Å². The molecule has 1 heterocycles. The van der Waals surface area contributed by atoms with Crippen LogP contribution in [0.5, 0.6) is 0 Å². The van der Waals surface area contributed by atoms with Gasteiger partial charge in [-0.3, -0.25) is 10.1 Å². The summed E-state index contributed by atoms with van der Waals surface area (Å²) < 4.78 is 5.75. The molecule has 7 nitrogen and oxygen atoms in total. The Morgan fingerprint density at radius 2 is 2.30 bits per heavy atom. The number of carbonyl (C=O) groups is 1. The topological polar surface area (TPSA) is 84.7 Å². The van der Waals surface area contributed by atoms with Gasteiger partial charge < -0.3 is 15.0 Å². The molecule has 1 aliphatic rings. The summed E-state index contributed by atoms with van der Waals surface area (Å²) in [6, 6.07) is 6.12. The van der Waals surface area contributed by atoms with Gasteiger partial charge in [0.2, 0.25) is 0 Å². The molecule has 0 unspecified atom stereocenters. The monoisotopic (exact) mass is 321 g/mol. The van der Waals surface area contributed by atoms with Gasteiger partial charge in [-0.2, -0.15) is 0 Å². The number of carbonyl (C=O) groups excluding carboxylic acids is 1. The molecule has 0 aliphatic carbocycles. The Hall–Kier alpha value is -2.15. The van der Waals surface area contributed by atoms with E-state index in [1.54, 1.807) is 17.0 Å². The van der Waals surface area contributed by atoms with Crippen LogP contribution in [0.25, 0.3) is 0 Å². The second-order valence-corrected chi connectivity index (χ2v) is 6.17. The lowest BCUT2D eigenvalue weighted by Gasteiger charge is -2.18.